The maximum Gasteiger partial charge on any atom is 0.0169 e. The molecule has 2 heteroatoms. The van der Waals surface area contributed by atoms with E-state index in [-0.39, 0.29) is 0 Å². The molecule has 0 aromatic carbocycles. The van der Waals surface area contributed by atoms with Crippen molar-refractivity contribution in [2.45, 2.75) is 39.0 Å². The normalized spacial score (nSPS) is 10.0. The minimum Gasteiger partial charge on any atom is -0.261 e. The number of rotatable bonds is 6. The standard InChI is InChI=1S/C7H16IN/c1-2-3-4-5-6-7-9-8/h9H,2-7H2,1H3. The Labute approximate surface area is 72.1 Å². The van der Waals surface area contributed by atoms with Crippen LogP contribution >= 0.6 is 22.9 Å². The van der Waals surface area contributed by atoms with E-state index in [0.717, 1.165) is 0 Å². The first-order valence-corrected chi connectivity index (χ1v) is 4.83. The average molecular weight is 241 g/mol. The van der Waals surface area contributed by atoms with E-state index < -0.39 is 0 Å². The van der Waals surface area contributed by atoms with Crippen LogP contribution in [0, 0.1) is 0 Å². The molecule has 0 aliphatic heterocycles. The molecule has 0 aliphatic carbocycles. The highest BCUT2D eigenvalue weighted by Gasteiger charge is 1.85. The van der Waals surface area contributed by atoms with Crippen LogP contribution in [0.25, 0.3) is 0 Å². The third-order valence-corrected chi connectivity index (χ3v) is 1.91. The van der Waals surface area contributed by atoms with Crippen molar-refractivity contribution < 1.29 is 0 Å². The van der Waals surface area contributed by atoms with Crippen LogP contribution in [0.4, 0.5) is 0 Å². The fourth-order valence-corrected chi connectivity index (χ4v) is 1.18. The summed E-state index contributed by atoms with van der Waals surface area (Å²) in [4.78, 5) is 0. The van der Waals surface area contributed by atoms with E-state index in [0.29, 0.717) is 0 Å². The Morgan fingerprint density at radius 3 is 2.33 bits per heavy atom. The molecule has 56 valence electrons. The molecule has 0 amide bonds. The molecule has 0 bridgehead atoms. The summed E-state index contributed by atoms with van der Waals surface area (Å²) in [6.45, 7) is 3.42. The second kappa shape index (κ2) is 8.69. The third kappa shape index (κ3) is 8.69. The summed E-state index contributed by atoms with van der Waals surface area (Å²) in [7, 11) is 0. The van der Waals surface area contributed by atoms with Crippen LogP contribution < -0.4 is 3.53 Å². The highest BCUT2D eigenvalue weighted by atomic mass is 127. The molecule has 0 aromatic heterocycles. The lowest BCUT2D eigenvalue weighted by molar-refractivity contribution is 0.633. The van der Waals surface area contributed by atoms with Crippen molar-refractivity contribution >= 4 is 22.9 Å². The molecule has 1 nitrogen and oxygen atoms in total. The van der Waals surface area contributed by atoms with Crippen molar-refractivity contribution in [1.29, 1.82) is 0 Å². The molecule has 0 aliphatic rings. The Balaban J connectivity index is 2.60. The highest BCUT2D eigenvalue weighted by Crippen LogP contribution is 2.01. The molecule has 0 atom stereocenters. The minimum absolute atomic E-state index is 1.17. The van der Waals surface area contributed by atoms with Gasteiger partial charge in [-0.3, -0.25) is 3.53 Å². The van der Waals surface area contributed by atoms with Gasteiger partial charge in [0.1, 0.15) is 0 Å². The van der Waals surface area contributed by atoms with Crippen LogP contribution in [-0.2, 0) is 0 Å². The monoisotopic (exact) mass is 241 g/mol. The Kier molecular flexibility index (Phi) is 9.36. The van der Waals surface area contributed by atoms with Gasteiger partial charge in [-0.15, -0.1) is 0 Å². The van der Waals surface area contributed by atoms with Crippen molar-refractivity contribution in [3.63, 3.8) is 0 Å². The molecule has 0 saturated carbocycles. The van der Waals surface area contributed by atoms with E-state index in [9.17, 15) is 0 Å². The van der Waals surface area contributed by atoms with Crippen LogP contribution in [0.3, 0.4) is 0 Å². The summed E-state index contributed by atoms with van der Waals surface area (Å²) in [6, 6.07) is 0. The van der Waals surface area contributed by atoms with Crippen LogP contribution in [-0.4, -0.2) is 6.54 Å². The lowest BCUT2D eigenvalue weighted by Crippen LogP contribution is -1.98. The predicted octanol–water partition coefficient (Wildman–Crippen LogP) is 2.90. The van der Waals surface area contributed by atoms with Gasteiger partial charge in [-0.25, -0.2) is 0 Å². The molecule has 1 N–H and O–H groups in total. The molecular formula is C7H16IN. The second-order valence-corrected chi connectivity index (χ2v) is 3.06. The zero-order valence-electron chi connectivity index (χ0n) is 6.12. The summed E-state index contributed by atoms with van der Waals surface area (Å²) in [5.41, 5.74) is 0. The Hall–Kier alpha value is 0.690. The van der Waals surface area contributed by atoms with Crippen LogP contribution in [0.2, 0.25) is 0 Å². The van der Waals surface area contributed by atoms with E-state index in [1.807, 2.05) is 0 Å². The van der Waals surface area contributed by atoms with Crippen LogP contribution in [0.5, 0.6) is 0 Å². The first-order chi connectivity index (χ1) is 4.41. The zero-order valence-corrected chi connectivity index (χ0v) is 8.28. The number of halogens is 1. The van der Waals surface area contributed by atoms with Gasteiger partial charge >= 0.3 is 0 Å². The van der Waals surface area contributed by atoms with Gasteiger partial charge in [-0.1, -0.05) is 32.6 Å². The molecule has 0 fully saturated rings. The number of hydrogen-bond donors (Lipinski definition) is 1. The molecule has 0 saturated heterocycles. The van der Waals surface area contributed by atoms with Crippen molar-refractivity contribution in [3.8, 4) is 0 Å². The number of hydrogen-bond acceptors (Lipinski definition) is 1. The third-order valence-electron chi connectivity index (χ3n) is 1.37. The fraction of sp³-hybridized carbons (Fsp3) is 1.00. The fourth-order valence-electron chi connectivity index (χ4n) is 0.795. The van der Waals surface area contributed by atoms with Crippen LogP contribution in [0.15, 0.2) is 0 Å². The summed E-state index contributed by atoms with van der Waals surface area (Å²) in [5, 5.41) is 0. The quantitative estimate of drug-likeness (QED) is 0.428. The second-order valence-electron chi connectivity index (χ2n) is 2.30. The van der Waals surface area contributed by atoms with Gasteiger partial charge in [0.25, 0.3) is 0 Å². The predicted molar refractivity (Wildman–Crippen MR) is 50.8 cm³/mol. The molecule has 0 unspecified atom stereocenters. The number of nitrogens with one attached hydrogen (secondary N) is 1. The summed E-state index contributed by atoms with van der Waals surface area (Å²) in [6.07, 6.45) is 6.89. The molecule has 0 spiro atoms. The molecule has 9 heavy (non-hydrogen) atoms. The summed E-state index contributed by atoms with van der Waals surface area (Å²) >= 11 is 2.20. The number of unbranched alkanes of at least 4 members (excludes halogenated alkanes) is 4. The Bertz CT molecular complexity index is 42.2. The Morgan fingerprint density at radius 1 is 1.11 bits per heavy atom. The van der Waals surface area contributed by atoms with E-state index in [1.54, 1.807) is 0 Å². The summed E-state index contributed by atoms with van der Waals surface area (Å²) in [5.74, 6) is 0. The molecule has 0 radical (unpaired) electrons. The minimum atomic E-state index is 1.17. The van der Waals surface area contributed by atoms with E-state index in [2.05, 4.69) is 33.3 Å². The van der Waals surface area contributed by atoms with Crippen molar-refractivity contribution in [2.75, 3.05) is 6.54 Å². The maximum absolute atomic E-state index is 3.11. The molecule has 0 aromatic rings. The first kappa shape index (κ1) is 9.69. The molecule has 0 rings (SSSR count). The van der Waals surface area contributed by atoms with Gasteiger partial charge in [-0.05, 0) is 6.42 Å². The van der Waals surface area contributed by atoms with E-state index in [1.165, 1.54) is 38.6 Å². The topological polar surface area (TPSA) is 12.0 Å². The largest absolute Gasteiger partial charge is 0.261 e. The van der Waals surface area contributed by atoms with Gasteiger partial charge in [-0.2, -0.15) is 0 Å². The summed E-state index contributed by atoms with van der Waals surface area (Å²) < 4.78 is 3.11. The van der Waals surface area contributed by atoms with Gasteiger partial charge in [0.2, 0.25) is 0 Å². The SMILES string of the molecule is CCCCCCCNI. The Morgan fingerprint density at radius 2 is 1.78 bits per heavy atom. The lowest BCUT2D eigenvalue weighted by Gasteiger charge is -1.96. The van der Waals surface area contributed by atoms with E-state index in [4.69, 9.17) is 0 Å². The van der Waals surface area contributed by atoms with Crippen molar-refractivity contribution in [3.05, 3.63) is 0 Å². The first-order valence-electron chi connectivity index (χ1n) is 3.75. The maximum atomic E-state index is 3.11. The smallest absolute Gasteiger partial charge is 0.0169 e. The highest BCUT2D eigenvalue weighted by molar-refractivity contribution is 14.1. The van der Waals surface area contributed by atoms with E-state index >= 15 is 0 Å². The van der Waals surface area contributed by atoms with Crippen LogP contribution in [0.1, 0.15) is 39.0 Å². The van der Waals surface area contributed by atoms with Crippen molar-refractivity contribution in [2.24, 2.45) is 0 Å². The zero-order chi connectivity index (χ0) is 6.95. The lowest BCUT2D eigenvalue weighted by atomic mass is 10.2. The van der Waals surface area contributed by atoms with Crippen molar-refractivity contribution in [1.82, 2.24) is 3.53 Å². The van der Waals surface area contributed by atoms with Gasteiger partial charge < -0.3 is 0 Å². The van der Waals surface area contributed by atoms with Gasteiger partial charge in [0.05, 0.1) is 0 Å². The molecular weight excluding hydrogens is 225 g/mol. The average Bonchev–Trinajstić information content (AvgIpc) is 1.89. The van der Waals surface area contributed by atoms with Gasteiger partial charge in [0, 0.05) is 29.4 Å². The molecule has 0 heterocycles. The van der Waals surface area contributed by atoms with Gasteiger partial charge in [0.15, 0.2) is 0 Å².